The quantitative estimate of drug-likeness (QED) is 0.548. The van der Waals surface area contributed by atoms with E-state index in [1.165, 1.54) is 0 Å². The van der Waals surface area contributed by atoms with Gasteiger partial charge in [0.25, 0.3) is 0 Å². The highest BCUT2D eigenvalue weighted by atomic mass is 14.6. The second-order valence-corrected chi connectivity index (χ2v) is 2.42. The first kappa shape index (κ1) is 6.35. The van der Waals surface area contributed by atoms with Gasteiger partial charge in [0, 0.05) is 11.6 Å². The molecule has 2 radical (unpaired) electrons. The van der Waals surface area contributed by atoms with Gasteiger partial charge < -0.3 is 0 Å². The van der Waals surface area contributed by atoms with Gasteiger partial charge in [0.2, 0.25) is 0 Å². The van der Waals surface area contributed by atoms with Crippen LogP contribution in [-0.4, -0.2) is 4.98 Å². The van der Waals surface area contributed by atoms with Crippen molar-refractivity contribution in [1.29, 1.82) is 0 Å². The number of hydrogen-bond donors (Lipinski definition) is 0. The van der Waals surface area contributed by atoms with Gasteiger partial charge in [-0.25, -0.2) is 0 Å². The van der Waals surface area contributed by atoms with Gasteiger partial charge in [-0.3, -0.25) is 4.98 Å². The average molecular weight is 141 g/mol. The van der Waals surface area contributed by atoms with E-state index in [-0.39, 0.29) is 0 Å². The second kappa shape index (κ2) is 2.35. The molecule has 0 unspecified atom stereocenters. The number of fused-ring (bicyclic) bond motifs is 1. The van der Waals surface area contributed by atoms with E-state index in [0.717, 1.165) is 16.5 Å². The summed E-state index contributed by atoms with van der Waals surface area (Å²) in [6.07, 6.45) is 1.77. The van der Waals surface area contributed by atoms with Gasteiger partial charge in [0.15, 0.2) is 0 Å². The number of benzene rings is 1. The first-order valence-corrected chi connectivity index (χ1v) is 3.47. The van der Waals surface area contributed by atoms with E-state index in [0.29, 0.717) is 0 Å². The molecule has 0 saturated carbocycles. The van der Waals surface area contributed by atoms with Crippen LogP contribution in [0.25, 0.3) is 10.9 Å². The molecule has 52 valence electrons. The first-order chi connectivity index (χ1) is 5.38. The SMILES string of the molecule is [CH]c1cccc2ncccc12. The summed E-state index contributed by atoms with van der Waals surface area (Å²) < 4.78 is 0. The Bertz CT molecular complexity index is 374. The molecule has 0 aliphatic heterocycles. The van der Waals surface area contributed by atoms with E-state index in [1.807, 2.05) is 30.3 Å². The minimum atomic E-state index is 0.788. The van der Waals surface area contributed by atoms with Crippen LogP contribution in [0.4, 0.5) is 0 Å². The van der Waals surface area contributed by atoms with Gasteiger partial charge in [0.05, 0.1) is 5.52 Å². The molecule has 0 spiro atoms. The van der Waals surface area contributed by atoms with Crippen LogP contribution in [0.15, 0.2) is 36.5 Å². The molecule has 0 N–H and O–H groups in total. The molecule has 0 bridgehead atoms. The highest BCUT2D eigenvalue weighted by Gasteiger charge is 1.93. The minimum absolute atomic E-state index is 0.788. The lowest BCUT2D eigenvalue weighted by Crippen LogP contribution is -1.79. The molecule has 11 heavy (non-hydrogen) atoms. The molecule has 1 nitrogen and oxygen atoms in total. The molecular formula is C10H7N. The molecule has 2 aromatic rings. The Morgan fingerprint density at radius 1 is 1.09 bits per heavy atom. The Balaban J connectivity index is 2.91. The molecule has 1 aromatic heterocycles. The maximum atomic E-state index is 5.72. The zero-order valence-electron chi connectivity index (χ0n) is 5.99. The number of hydrogen-bond acceptors (Lipinski definition) is 1. The smallest absolute Gasteiger partial charge is 0.0704 e. The van der Waals surface area contributed by atoms with Crippen molar-refractivity contribution in [3.63, 3.8) is 0 Å². The third-order valence-electron chi connectivity index (χ3n) is 1.68. The van der Waals surface area contributed by atoms with Gasteiger partial charge in [-0.1, -0.05) is 18.2 Å². The van der Waals surface area contributed by atoms with Gasteiger partial charge in [-0.05, 0) is 24.6 Å². The molecule has 1 heteroatoms. The van der Waals surface area contributed by atoms with Crippen molar-refractivity contribution in [3.05, 3.63) is 49.0 Å². The number of rotatable bonds is 0. The van der Waals surface area contributed by atoms with Crippen molar-refractivity contribution in [3.8, 4) is 0 Å². The Labute approximate surface area is 65.7 Å². The fraction of sp³-hybridized carbons (Fsp3) is 0. The summed E-state index contributed by atoms with van der Waals surface area (Å²) in [5, 5.41) is 1.02. The summed E-state index contributed by atoms with van der Waals surface area (Å²) in [6, 6.07) is 9.59. The van der Waals surface area contributed by atoms with Crippen LogP contribution in [0.5, 0.6) is 0 Å². The summed E-state index contributed by atoms with van der Waals surface area (Å²) in [4.78, 5) is 4.16. The van der Waals surface area contributed by atoms with Crippen LogP contribution in [0.2, 0.25) is 0 Å². The molecule has 0 saturated heterocycles. The highest BCUT2D eigenvalue weighted by molar-refractivity contribution is 5.82. The third kappa shape index (κ3) is 0.984. The third-order valence-corrected chi connectivity index (χ3v) is 1.68. The summed E-state index contributed by atoms with van der Waals surface area (Å²) in [6.45, 7) is 5.72. The predicted molar refractivity (Wildman–Crippen MR) is 45.1 cm³/mol. The summed E-state index contributed by atoms with van der Waals surface area (Å²) >= 11 is 0. The fourth-order valence-corrected chi connectivity index (χ4v) is 1.13. The van der Waals surface area contributed by atoms with E-state index >= 15 is 0 Å². The van der Waals surface area contributed by atoms with E-state index in [2.05, 4.69) is 4.98 Å². The molecule has 2 rings (SSSR count). The molecule has 1 heterocycles. The predicted octanol–water partition coefficient (Wildman–Crippen LogP) is 2.29. The van der Waals surface area contributed by atoms with Crippen LogP contribution >= 0.6 is 0 Å². The molecule has 0 fully saturated rings. The lowest BCUT2D eigenvalue weighted by Gasteiger charge is -1.97. The Morgan fingerprint density at radius 2 is 2.00 bits per heavy atom. The van der Waals surface area contributed by atoms with Crippen LogP contribution in [0.1, 0.15) is 5.56 Å². The monoisotopic (exact) mass is 141 g/mol. The van der Waals surface area contributed by atoms with Crippen molar-refractivity contribution >= 4 is 10.9 Å². The van der Waals surface area contributed by atoms with Crippen molar-refractivity contribution < 1.29 is 0 Å². The van der Waals surface area contributed by atoms with E-state index in [4.69, 9.17) is 6.92 Å². The largest absolute Gasteiger partial charge is 0.256 e. The molecule has 1 aromatic carbocycles. The Hall–Kier alpha value is -1.37. The number of aromatic nitrogens is 1. The zero-order chi connectivity index (χ0) is 7.68. The van der Waals surface area contributed by atoms with Crippen molar-refractivity contribution in [2.24, 2.45) is 0 Å². The standard InChI is InChI=1S/C10H7N/c1-8-4-2-6-10-9(8)5-3-7-11-10/h1-7H. The maximum Gasteiger partial charge on any atom is 0.0704 e. The molecule has 0 atom stereocenters. The van der Waals surface area contributed by atoms with E-state index in [1.54, 1.807) is 6.20 Å². The van der Waals surface area contributed by atoms with E-state index < -0.39 is 0 Å². The lowest BCUT2D eigenvalue weighted by atomic mass is 10.1. The van der Waals surface area contributed by atoms with Gasteiger partial charge in [0.1, 0.15) is 0 Å². The maximum absolute atomic E-state index is 5.72. The minimum Gasteiger partial charge on any atom is -0.256 e. The van der Waals surface area contributed by atoms with Crippen LogP contribution in [0, 0.1) is 6.92 Å². The Morgan fingerprint density at radius 3 is 2.82 bits per heavy atom. The molecular weight excluding hydrogens is 134 g/mol. The van der Waals surface area contributed by atoms with Crippen LogP contribution in [0.3, 0.4) is 0 Å². The first-order valence-electron chi connectivity index (χ1n) is 3.47. The highest BCUT2D eigenvalue weighted by Crippen LogP contribution is 2.14. The average Bonchev–Trinajstić information content (AvgIpc) is 2.06. The number of pyridine rings is 1. The second-order valence-electron chi connectivity index (χ2n) is 2.42. The zero-order valence-corrected chi connectivity index (χ0v) is 5.99. The summed E-state index contributed by atoms with van der Waals surface area (Å²) in [7, 11) is 0. The van der Waals surface area contributed by atoms with Crippen molar-refractivity contribution in [2.45, 2.75) is 0 Å². The van der Waals surface area contributed by atoms with Crippen LogP contribution in [-0.2, 0) is 0 Å². The summed E-state index contributed by atoms with van der Waals surface area (Å²) in [5.41, 5.74) is 1.74. The summed E-state index contributed by atoms with van der Waals surface area (Å²) in [5.74, 6) is 0. The normalized spacial score (nSPS) is 10.3. The van der Waals surface area contributed by atoms with Crippen molar-refractivity contribution in [2.75, 3.05) is 0 Å². The molecule has 0 aliphatic rings. The van der Waals surface area contributed by atoms with Gasteiger partial charge in [-0.15, -0.1) is 0 Å². The van der Waals surface area contributed by atoms with Crippen LogP contribution < -0.4 is 0 Å². The Kier molecular flexibility index (Phi) is 1.35. The molecule has 0 amide bonds. The fourth-order valence-electron chi connectivity index (χ4n) is 1.13. The lowest BCUT2D eigenvalue weighted by molar-refractivity contribution is 1.41. The van der Waals surface area contributed by atoms with Crippen molar-refractivity contribution in [1.82, 2.24) is 4.98 Å². The van der Waals surface area contributed by atoms with Gasteiger partial charge in [-0.2, -0.15) is 0 Å². The van der Waals surface area contributed by atoms with Gasteiger partial charge >= 0.3 is 0 Å². The van der Waals surface area contributed by atoms with E-state index in [9.17, 15) is 0 Å². The molecule has 0 aliphatic carbocycles. The number of nitrogens with zero attached hydrogens (tertiary/aromatic N) is 1. The topological polar surface area (TPSA) is 12.9 Å².